The number of hydrogen-bond donors (Lipinski definition) is 3. The first kappa shape index (κ1) is 12.1. The Hall–Kier alpha value is -1.33. The lowest BCUT2D eigenvalue weighted by Crippen LogP contribution is -2.41. The van der Waals surface area contributed by atoms with Crippen molar-refractivity contribution in [3.05, 3.63) is 30.0 Å². The normalized spacial score (nSPS) is 16.8. The summed E-state index contributed by atoms with van der Waals surface area (Å²) in [6.45, 7) is -0.00258. The van der Waals surface area contributed by atoms with Gasteiger partial charge in [-0.15, -0.1) is 0 Å². The molecule has 0 saturated carbocycles. The molecule has 0 aliphatic heterocycles. The van der Waals surface area contributed by atoms with Crippen LogP contribution in [0.4, 0.5) is 0 Å². The highest BCUT2D eigenvalue weighted by Crippen LogP contribution is 2.41. The fraction of sp³-hybridized carbons (Fsp3) is 0.467. The van der Waals surface area contributed by atoms with Crippen molar-refractivity contribution >= 4 is 18.7 Å². The van der Waals surface area contributed by atoms with E-state index >= 15 is 0 Å². The number of H-pyrrole nitrogens is 1. The number of likely N-dealkylation sites (N-methyl/N-ethyl adjacent to an activating group) is 1. The molecule has 2 rings (SSSR count). The third-order valence-electron chi connectivity index (χ3n) is 3.16. The molecule has 0 radical (unpaired) electrons. The topological polar surface area (TPSA) is 82.6 Å². The number of nitrogens with one attached hydrogen (secondary N) is 1. The number of phosphoric ester groups is 1. The molecule has 1 heterocycles. The van der Waals surface area contributed by atoms with Gasteiger partial charge in [0.05, 0.1) is 29.9 Å². The number of rotatable bonds is 7. The molecule has 7 heteroatoms. The number of aromatic amines is 1. The minimum absolute atomic E-state index is 0.0520. The van der Waals surface area contributed by atoms with Crippen LogP contribution in [0, 0.1) is 0 Å². The predicted octanol–water partition coefficient (Wildman–Crippen LogP) is 2.67. The van der Waals surface area contributed by atoms with Crippen molar-refractivity contribution in [2.75, 3.05) is 27.1 Å². The lowest BCUT2D eigenvalue weighted by Gasteiger charge is -2.29. The summed E-state index contributed by atoms with van der Waals surface area (Å²) in [5.41, 5.74) is 0.343. The zero-order valence-corrected chi connectivity index (χ0v) is 13.7. The zero-order valence-electron chi connectivity index (χ0n) is 16.8. The summed E-state index contributed by atoms with van der Waals surface area (Å²) in [5, 5.41) is 0.112. The summed E-state index contributed by atoms with van der Waals surface area (Å²) < 4.78 is 49.8. The summed E-state index contributed by atoms with van der Waals surface area (Å²) in [4.78, 5) is 21.1. The summed E-state index contributed by atoms with van der Waals surface area (Å²) in [6.07, 6.45) is -0.470. The van der Waals surface area contributed by atoms with E-state index in [2.05, 4.69) is 4.98 Å². The van der Waals surface area contributed by atoms with Crippen LogP contribution in [0.3, 0.4) is 0 Å². The fourth-order valence-corrected chi connectivity index (χ4v) is 2.69. The molecule has 0 bridgehead atoms. The number of fused-ring (bicyclic) bond motifs is 1. The smallest absolute Gasteiger partial charge is 0.404 e. The van der Waals surface area contributed by atoms with Gasteiger partial charge in [-0.1, -0.05) is 13.0 Å². The molecule has 1 aromatic carbocycles. The molecule has 0 amide bonds. The number of hydrogen-bond acceptors (Lipinski definition) is 2. The van der Waals surface area contributed by atoms with Crippen molar-refractivity contribution in [1.82, 2.24) is 4.98 Å². The molecule has 122 valence electrons. The number of quaternary nitrogens is 1. The van der Waals surface area contributed by atoms with Gasteiger partial charge in [0.15, 0.2) is 0 Å². The second-order valence-electron chi connectivity index (χ2n) is 5.61. The van der Waals surface area contributed by atoms with Gasteiger partial charge in [0.25, 0.3) is 0 Å². The molecular formula is C15H24N2O4P+. The van der Waals surface area contributed by atoms with E-state index in [1.165, 1.54) is 18.3 Å². The Bertz CT molecular complexity index is 847. The standard InChI is InChI=1S/C15H23N2O4P/c1-4-9-17(2,3)10-8-12-11-16-13-6-5-7-14(15(12)13)21-22(18,19)20/h5-7,11,16H,4,8-10H2,1-3H3,(H-,18,19,20)/p+1/i8D2,10D2. The molecule has 6 nitrogen and oxygen atoms in total. The van der Waals surface area contributed by atoms with Crippen LogP contribution < -0.4 is 4.52 Å². The lowest BCUT2D eigenvalue weighted by molar-refractivity contribution is -0.890. The van der Waals surface area contributed by atoms with Crippen molar-refractivity contribution in [2.24, 2.45) is 0 Å². The second-order valence-corrected chi connectivity index (χ2v) is 6.77. The highest BCUT2D eigenvalue weighted by atomic mass is 31.2. The van der Waals surface area contributed by atoms with E-state index in [1.807, 2.05) is 6.92 Å². The Morgan fingerprint density at radius 2 is 2.14 bits per heavy atom. The van der Waals surface area contributed by atoms with E-state index in [0.29, 0.717) is 18.5 Å². The Kier molecular flexibility index (Phi) is 3.54. The van der Waals surface area contributed by atoms with Gasteiger partial charge in [-0.25, -0.2) is 4.57 Å². The zero-order chi connectivity index (χ0) is 20.0. The second kappa shape index (κ2) is 6.42. The summed E-state index contributed by atoms with van der Waals surface area (Å²) in [5.74, 6) is -0.201. The van der Waals surface area contributed by atoms with Crippen LogP contribution in [0.1, 0.15) is 24.4 Å². The van der Waals surface area contributed by atoms with Gasteiger partial charge in [-0.05, 0) is 24.1 Å². The maximum absolute atomic E-state index is 11.3. The van der Waals surface area contributed by atoms with Crippen molar-refractivity contribution in [3.8, 4) is 5.75 Å². The molecule has 0 saturated heterocycles. The van der Waals surface area contributed by atoms with Crippen molar-refractivity contribution < 1.29 is 28.8 Å². The number of aromatic nitrogens is 1. The first-order chi connectivity index (χ1) is 11.7. The Morgan fingerprint density at radius 3 is 2.77 bits per heavy atom. The first-order valence-electron chi connectivity index (χ1n) is 8.93. The van der Waals surface area contributed by atoms with Gasteiger partial charge in [-0.2, -0.15) is 0 Å². The number of phosphoric acid groups is 1. The third kappa shape index (κ3) is 4.34. The van der Waals surface area contributed by atoms with E-state index < -0.39 is 20.7 Å². The number of benzene rings is 1. The van der Waals surface area contributed by atoms with Gasteiger partial charge in [0.2, 0.25) is 0 Å². The highest BCUT2D eigenvalue weighted by Gasteiger charge is 2.21. The largest absolute Gasteiger partial charge is 0.524 e. The number of nitrogens with zero attached hydrogens (tertiary/aromatic N) is 1. The highest BCUT2D eigenvalue weighted by molar-refractivity contribution is 7.46. The monoisotopic (exact) mass is 331 g/mol. The molecule has 0 fully saturated rings. The summed E-state index contributed by atoms with van der Waals surface area (Å²) in [6, 6.07) is 4.43. The van der Waals surface area contributed by atoms with Crippen LogP contribution >= 0.6 is 7.82 Å². The fourth-order valence-electron chi connectivity index (χ4n) is 2.28. The van der Waals surface area contributed by atoms with Crippen LogP contribution in [-0.2, 0) is 10.9 Å². The molecule has 0 aliphatic rings. The Morgan fingerprint density at radius 1 is 1.41 bits per heavy atom. The van der Waals surface area contributed by atoms with Gasteiger partial charge in [0.1, 0.15) is 5.75 Å². The van der Waals surface area contributed by atoms with E-state index in [4.69, 9.17) is 19.8 Å². The van der Waals surface area contributed by atoms with E-state index in [0.717, 1.165) is 0 Å². The average molecular weight is 331 g/mol. The maximum atomic E-state index is 11.3. The lowest BCUT2D eigenvalue weighted by atomic mass is 10.1. The quantitative estimate of drug-likeness (QED) is 0.538. The molecule has 2 aromatic rings. The SMILES string of the molecule is [2H]C([2H])(c1c[nH]c2cccc(OP(=O)(O)O)c12)C([2H])([2H])[N+](C)(C)CCC. The molecule has 3 N–H and O–H groups in total. The Balaban J connectivity index is 2.67. The summed E-state index contributed by atoms with van der Waals surface area (Å²) in [7, 11) is -1.63. The van der Waals surface area contributed by atoms with Crippen LogP contribution in [0.15, 0.2) is 24.4 Å². The van der Waals surface area contributed by atoms with E-state index in [-0.39, 0.29) is 21.2 Å². The first-order valence-corrected chi connectivity index (χ1v) is 8.46. The van der Waals surface area contributed by atoms with Crippen LogP contribution in [-0.4, -0.2) is 46.4 Å². The summed E-state index contributed by atoms with van der Waals surface area (Å²) >= 11 is 0. The van der Waals surface area contributed by atoms with Crippen molar-refractivity contribution in [3.63, 3.8) is 0 Å². The van der Waals surface area contributed by atoms with E-state index in [9.17, 15) is 4.57 Å². The molecule has 22 heavy (non-hydrogen) atoms. The minimum Gasteiger partial charge on any atom is -0.404 e. The molecule has 0 spiro atoms. The van der Waals surface area contributed by atoms with Gasteiger partial charge in [-0.3, -0.25) is 9.79 Å². The van der Waals surface area contributed by atoms with Gasteiger partial charge >= 0.3 is 7.82 Å². The predicted molar refractivity (Wildman–Crippen MR) is 86.8 cm³/mol. The van der Waals surface area contributed by atoms with Crippen LogP contribution in [0.25, 0.3) is 10.9 Å². The van der Waals surface area contributed by atoms with Crippen LogP contribution in [0.2, 0.25) is 0 Å². The molecule has 1 aromatic heterocycles. The number of aryl methyl sites for hydroxylation is 1. The maximum Gasteiger partial charge on any atom is 0.524 e. The van der Waals surface area contributed by atoms with Gasteiger partial charge in [0, 0.05) is 26.2 Å². The van der Waals surface area contributed by atoms with E-state index in [1.54, 1.807) is 20.2 Å². The van der Waals surface area contributed by atoms with Crippen LogP contribution in [0.5, 0.6) is 5.75 Å². The van der Waals surface area contributed by atoms with Crippen molar-refractivity contribution in [1.29, 1.82) is 0 Å². The minimum atomic E-state index is -4.86. The van der Waals surface area contributed by atoms with Crippen molar-refractivity contribution in [2.45, 2.75) is 19.7 Å². The van der Waals surface area contributed by atoms with Gasteiger partial charge < -0.3 is 14.0 Å². The third-order valence-corrected chi connectivity index (χ3v) is 3.60. The molecule has 0 unspecified atom stereocenters. The molecule has 0 atom stereocenters. The Labute approximate surface area is 136 Å². The molecule has 0 aliphatic carbocycles. The average Bonchev–Trinajstić information content (AvgIpc) is 2.91. The molecular weight excluding hydrogens is 303 g/mol.